The molecule has 1 aliphatic carbocycles. The highest BCUT2D eigenvalue weighted by Crippen LogP contribution is 2.51. The third-order valence-corrected chi connectivity index (χ3v) is 5.40. The number of hydrogen-bond acceptors (Lipinski definition) is 5. The van der Waals surface area contributed by atoms with Gasteiger partial charge in [0.25, 0.3) is 0 Å². The number of nitrogens with one attached hydrogen (secondary N) is 1. The highest BCUT2D eigenvalue weighted by Gasteiger charge is 2.57. The Balaban J connectivity index is 1.17. The van der Waals surface area contributed by atoms with Gasteiger partial charge in [0, 0.05) is 38.1 Å². The molecule has 3 fully saturated rings. The van der Waals surface area contributed by atoms with Crippen molar-refractivity contribution in [3.63, 3.8) is 0 Å². The number of amides is 2. The van der Waals surface area contributed by atoms with Crippen LogP contribution in [0.15, 0.2) is 30.6 Å². The summed E-state index contributed by atoms with van der Waals surface area (Å²) >= 11 is 0. The molecule has 2 atom stereocenters. The Morgan fingerprint density at radius 1 is 1.42 bits per heavy atom. The van der Waals surface area contributed by atoms with Gasteiger partial charge in [-0.3, -0.25) is 9.78 Å². The number of piperidine rings is 1. The summed E-state index contributed by atoms with van der Waals surface area (Å²) in [6, 6.07) is 3.73. The van der Waals surface area contributed by atoms with Crippen molar-refractivity contribution in [3.8, 4) is 0 Å². The van der Waals surface area contributed by atoms with Crippen LogP contribution in [0.25, 0.3) is 6.08 Å². The number of hydrogen-bond donors (Lipinski definition) is 1. The van der Waals surface area contributed by atoms with Gasteiger partial charge in [0.15, 0.2) is 5.60 Å². The quantitative estimate of drug-likeness (QED) is 0.804. The number of carbonyl (C=O) groups excluding carboxylic acids is 2. The Labute approximate surface area is 152 Å². The topological polar surface area (TPSA) is 80.8 Å². The first kappa shape index (κ1) is 17.0. The van der Waals surface area contributed by atoms with E-state index in [1.807, 2.05) is 19.1 Å². The van der Waals surface area contributed by atoms with Crippen molar-refractivity contribution in [2.24, 2.45) is 17.8 Å². The maximum atomic E-state index is 12.2. The number of rotatable bonds is 5. The zero-order valence-electron chi connectivity index (χ0n) is 14.8. The molecule has 2 amide bonds. The van der Waals surface area contributed by atoms with Crippen LogP contribution >= 0.6 is 0 Å². The van der Waals surface area contributed by atoms with Crippen molar-refractivity contribution in [2.75, 3.05) is 32.8 Å². The van der Waals surface area contributed by atoms with Crippen molar-refractivity contribution in [2.45, 2.75) is 12.5 Å². The Hall–Kier alpha value is -2.41. The highest BCUT2D eigenvalue weighted by atomic mass is 16.6. The van der Waals surface area contributed by atoms with Gasteiger partial charge < -0.3 is 19.7 Å². The molecule has 0 bridgehead atoms. The second kappa shape index (κ2) is 6.72. The van der Waals surface area contributed by atoms with Crippen molar-refractivity contribution in [1.29, 1.82) is 0 Å². The molecule has 138 valence electrons. The third-order valence-electron chi connectivity index (χ3n) is 5.40. The van der Waals surface area contributed by atoms with Crippen LogP contribution in [0.3, 0.4) is 0 Å². The van der Waals surface area contributed by atoms with E-state index in [4.69, 9.17) is 9.47 Å². The van der Waals surface area contributed by atoms with E-state index in [9.17, 15) is 9.59 Å². The predicted octanol–water partition coefficient (Wildman–Crippen LogP) is 1.31. The molecule has 1 saturated carbocycles. The molecule has 26 heavy (non-hydrogen) atoms. The zero-order valence-corrected chi connectivity index (χ0v) is 14.8. The molecule has 0 spiro atoms. The lowest BCUT2D eigenvalue weighted by atomic mass is 10.1. The van der Waals surface area contributed by atoms with Crippen LogP contribution in [0.4, 0.5) is 4.79 Å². The monoisotopic (exact) mass is 357 g/mol. The Bertz CT molecular complexity index is 705. The van der Waals surface area contributed by atoms with E-state index in [0.29, 0.717) is 50.6 Å². The second-order valence-corrected chi connectivity index (χ2v) is 7.57. The maximum Gasteiger partial charge on any atom is 0.410 e. The molecule has 0 aromatic carbocycles. The van der Waals surface area contributed by atoms with Crippen LogP contribution in [0.2, 0.25) is 0 Å². The normalized spacial score (nSPS) is 28.3. The largest absolute Gasteiger partial charge is 0.438 e. The molecule has 0 radical (unpaired) electrons. The van der Waals surface area contributed by atoms with Crippen LogP contribution in [0, 0.1) is 17.8 Å². The second-order valence-electron chi connectivity index (χ2n) is 7.57. The molecule has 2 saturated heterocycles. The fourth-order valence-electron chi connectivity index (χ4n) is 3.75. The van der Waals surface area contributed by atoms with Gasteiger partial charge in [0.2, 0.25) is 5.91 Å². The average molecular weight is 357 g/mol. The third kappa shape index (κ3) is 3.58. The SMILES string of the molecule is CC1(OC(=O)N2CC3C(CNC(=O)/C=C/c4cccnc4)C3C2)COC1. The van der Waals surface area contributed by atoms with Gasteiger partial charge in [0.05, 0.1) is 13.2 Å². The van der Waals surface area contributed by atoms with E-state index < -0.39 is 5.60 Å². The summed E-state index contributed by atoms with van der Waals surface area (Å²) in [7, 11) is 0. The van der Waals surface area contributed by atoms with Gasteiger partial charge >= 0.3 is 6.09 Å². The number of ether oxygens (including phenoxy) is 2. The fraction of sp³-hybridized carbons (Fsp3) is 0.526. The van der Waals surface area contributed by atoms with Crippen molar-refractivity contribution < 1.29 is 19.1 Å². The molecule has 4 rings (SSSR count). The molecule has 1 aromatic heterocycles. The number of pyridine rings is 1. The molecule has 2 aliphatic heterocycles. The lowest BCUT2D eigenvalue weighted by Crippen LogP contribution is -2.52. The lowest BCUT2D eigenvalue weighted by Gasteiger charge is -2.38. The predicted molar refractivity (Wildman–Crippen MR) is 94.0 cm³/mol. The Kier molecular flexibility index (Phi) is 4.40. The molecule has 2 unspecified atom stereocenters. The van der Waals surface area contributed by atoms with Gasteiger partial charge in [0.1, 0.15) is 0 Å². The Morgan fingerprint density at radius 3 is 2.81 bits per heavy atom. The van der Waals surface area contributed by atoms with E-state index >= 15 is 0 Å². The van der Waals surface area contributed by atoms with Crippen LogP contribution in [0.1, 0.15) is 12.5 Å². The molecule has 1 aromatic rings. The van der Waals surface area contributed by atoms with Crippen LogP contribution in [-0.4, -0.2) is 60.3 Å². The van der Waals surface area contributed by atoms with Gasteiger partial charge in [-0.25, -0.2) is 4.79 Å². The first-order valence-corrected chi connectivity index (χ1v) is 8.96. The highest BCUT2D eigenvalue weighted by molar-refractivity contribution is 5.91. The molecule has 3 heterocycles. The van der Waals surface area contributed by atoms with Gasteiger partial charge in [-0.1, -0.05) is 6.07 Å². The van der Waals surface area contributed by atoms with E-state index in [1.165, 1.54) is 6.08 Å². The summed E-state index contributed by atoms with van der Waals surface area (Å²) < 4.78 is 10.6. The minimum absolute atomic E-state index is 0.104. The number of nitrogens with zero attached hydrogens (tertiary/aromatic N) is 2. The maximum absolute atomic E-state index is 12.2. The summed E-state index contributed by atoms with van der Waals surface area (Å²) in [5.74, 6) is 1.29. The summed E-state index contributed by atoms with van der Waals surface area (Å²) in [4.78, 5) is 29.9. The van der Waals surface area contributed by atoms with Crippen molar-refractivity contribution >= 4 is 18.1 Å². The number of aromatic nitrogens is 1. The van der Waals surface area contributed by atoms with Crippen molar-refractivity contribution in [3.05, 3.63) is 36.2 Å². The van der Waals surface area contributed by atoms with E-state index in [0.717, 1.165) is 5.56 Å². The van der Waals surface area contributed by atoms with Crippen molar-refractivity contribution in [1.82, 2.24) is 15.2 Å². The van der Waals surface area contributed by atoms with Gasteiger partial charge in [-0.2, -0.15) is 0 Å². The Morgan fingerprint density at radius 2 is 2.19 bits per heavy atom. The minimum Gasteiger partial charge on any atom is -0.438 e. The van der Waals surface area contributed by atoms with Gasteiger partial charge in [-0.05, 0) is 42.4 Å². The fourth-order valence-corrected chi connectivity index (χ4v) is 3.75. The van der Waals surface area contributed by atoms with E-state index in [2.05, 4.69) is 10.3 Å². The lowest BCUT2D eigenvalue weighted by molar-refractivity contribution is -0.171. The smallest absolute Gasteiger partial charge is 0.410 e. The molecule has 7 heteroatoms. The van der Waals surface area contributed by atoms with E-state index in [-0.39, 0.29) is 12.0 Å². The molecule has 7 nitrogen and oxygen atoms in total. The average Bonchev–Trinajstić information content (AvgIpc) is 3.06. The number of carbonyl (C=O) groups is 2. The first-order chi connectivity index (χ1) is 12.5. The van der Waals surface area contributed by atoms with Gasteiger partial charge in [-0.15, -0.1) is 0 Å². The van der Waals surface area contributed by atoms with Crippen LogP contribution in [0.5, 0.6) is 0 Å². The molecule has 1 N–H and O–H groups in total. The molecular formula is C19H23N3O4. The summed E-state index contributed by atoms with van der Waals surface area (Å²) in [6.45, 7) is 4.92. The van der Waals surface area contributed by atoms with E-state index in [1.54, 1.807) is 23.4 Å². The molecule has 3 aliphatic rings. The molecular weight excluding hydrogens is 334 g/mol. The zero-order chi connectivity index (χ0) is 18.1. The number of likely N-dealkylation sites (tertiary alicyclic amines) is 1. The summed E-state index contributed by atoms with van der Waals surface area (Å²) in [5, 5.41) is 2.95. The number of fused-ring (bicyclic) bond motifs is 1. The minimum atomic E-state index is -0.460. The summed E-state index contributed by atoms with van der Waals surface area (Å²) in [5.41, 5.74) is 0.434. The first-order valence-electron chi connectivity index (χ1n) is 8.96. The summed E-state index contributed by atoms with van der Waals surface area (Å²) in [6.07, 6.45) is 6.44. The standard InChI is InChI=1S/C19H23N3O4/c1-19(11-25-12-19)26-18(24)22-9-15-14(16(15)10-22)8-21-17(23)5-4-13-3-2-6-20-7-13/h2-7,14-16H,8-12H2,1H3,(H,21,23)/b5-4+. The van der Waals surface area contributed by atoms with Crippen LogP contribution in [-0.2, 0) is 14.3 Å². The van der Waals surface area contributed by atoms with Crippen LogP contribution < -0.4 is 5.32 Å².